The van der Waals surface area contributed by atoms with Gasteiger partial charge < -0.3 is 39.7 Å². The van der Waals surface area contributed by atoms with Crippen LogP contribution in [0.2, 0.25) is 0 Å². The average Bonchev–Trinajstić information content (AvgIpc) is 2.95. The zero-order valence-electron chi connectivity index (χ0n) is 21.9. The number of phenols is 1. The Hall–Kier alpha value is -2.91. The maximum absolute atomic E-state index is 12.4. The van der Waals surface area contributed by atoms with Crippen LogP contribution in [0.4, 0.5) is 0 Å². The zero-order valence-corrected chi connectivity index (χ0v) is 22.8. The quantitative estimate of drug-likeness (QED) is 0.117. The van der Waals surface area contributed by atoms with Gasteiger partial charge in [-0.25, -0.2) is 0 Å². The topological polar surface area (TPSA) is 138 Å². The Bertz CT molecular complexity index is 1160. The summed E-state index contributed by atoms with van der Waals surface area (Å²) in [6, 6.07) is 21.7. The predicted octanol–water partition coefficient (Wildman–Crippen LogP) is 3.67. The highest BCUT2D eigenvalue weighted by Crippen LogP contribution is 2.41. The van der Waals surface area contributed by atoms with E-state index in [4.69, 9.17) is 14.2 Å². The van der Waals surface area contributed by atoms with Gasteiger partial charge in [-0.1, -0.05) is 42.5 Å². The van der Waals surface area contributed by atoms with E-state index in [-0.39, 0.29) is 31.5 Å². The van der Waals surface area contributed by atoms with Crippen LogP contribution in [-0.2, 0) is 28.9 Å². The summed E-state index contributed by atoms with van der Waals surface area (Å²) in [4.78, 5) is 10.2. The first-order valence-electron chi connectivity index (χ1n) is 12.9. The van der Waals surface area contributed by atoms with E-state index in [1.165, 1.54) is 12.1 Å². The summed E-state index contributed by atoms with van der Waals surface area (Å²) >= 11 is 0. The highest BCUT2D eigenvalue weighted by Gasteiger charge is 2.19. The molecule has 3 rings (SSSR count). The van der Waals surface area contributed by atoms with Crippen molar-refractivity contribution in [3.8, 4) is 17.2 Å². The van der Waals surface area contributed by atoms with E-state index in [2.05, 4.69) is 5.32 Å². The summed E-state index contributed by atoms with van der Waals surface area (Å²) < 4.78 is 29.0. The molecule has 0 aliphatic rings. The fourth-order valence-electron chi connectivity index (χ4n) is 3.70. The molecule has 0 aliphatic heterocycles. The van der Waals surface area contributed by atoms with Crippen LogP contribution in [0.5, 0.6) is 17.2 Å². The highest BCUT2D eigenvalue weighted by atomic mass is 31.2. The Morgan fingerprint density at radius 3 is 2.41 bits per heavy atom. The Morgan fingerprint density at radius 2 is 1.67 bits per heavy atom. The molecule has 2 atom stereocenters. The molecule has 0 aliphatic carbocycles. The van der Waals surface area contributed by atoms with Gasteiger partial charge in [0, 0.05) is 24.9 Å². The van der Waals surface area contributed by atoms with Crippen LogP contribution in [0.25, 0.3) is 0 Å². The van der Waals surface area contributed by atoms with Crippen molar-refractivity contribution >= 4 is 7.37 Å². The Labute approximate surface area is 229 Å². The first-order valence-corrected chi connectivity index (χ1v) is 15.0. The van der Waals surface area contributed by atoms with Crippen LogP contribution in [0.15, 0.2) is 72.8 Å². The van der Waals surface area contributed by atoms with E-state index in [1.807, 2.05) is 42.5 Å². The molecule has 0 saturated carbocycles. The summed E-state index contributed by atoms with van der Waals surface area (Å²) in [5, 5.41) is 32.1. The highest BCUT2D eigenvalue weighted by molar-refractivity contribution is 7.57. The number of nitrogens with one attached hydrogen (secondary N) is 1. The lowest BCUT2D eigenvalue weighted by Gasteiger charge is -2.14. The second-order valence-corrected chi connectivity index (χ2v) is 11.6. The smallest absolute Gasteiger partial charge is 0.236 e. The summed E-state index contributed by atoms with van der Waals surface area (Å²) in [5.74, 6) is 0.993. The van der Waals surface area contributed by atoms with Crippen molar-refractivity contribution in [3.63, 3.8) is 0 Å². The molecule has 3 aromatic rings. The zero-order chi connectivity index (χ0) is 27.9. The number of ether oxygens (including phenoxy) is 3. The van der Waals surface area contributed by atoms with E-state index in [0.717, 1.165) is 17.5 Å². The Morgan fingerprint density at radius 1 is 0.923 bits per heavy atom. The molecule has 3 aromatic carbocycles. The van der Waals surface area contributed by atoms with Crippen molar-refractivity contribution < 1.29 is 39.0 Å². The molecule has 0 radical (unpaired) electrons. The van der Waals surface area contributed by atoms with E-state index in [9.17, 15) is 24.8 Å². The van der Waals surface area contributed by atoms with E-state index < -0.39 is 13.5 Å². The van der Waals surface area contributed by atoms with Gasteiger partial charge in [0.05, 0.1) is 13.2 Å². The number of benzene rings is 3. The third-order valence-corrected chi connectivity index (χ3v) is 7.45. The first kappa shape index (κ1) is 30.6. The molecule has 0 saturated heterocycles. The molecule has 0 aromatic heterocycles. The molecule has 0 amide bonds. The number of hydrogen-bond donors (Lipinski definition) is 5. The minimum absolute atomic E-state index is 0.00342. The second kappa shape index (κ2) is 16.3. The number of aromatic hydroxyl groups is 1. The van der Waals surface area contributed by atoms with Crippen molar-refractivity contribution in [1.82, 2.24) is 5.32 Å². The largest absolute Gasteiger partial charge is 0.508 e. The fraction of sp³-hybridized carbons (Fsp3) is 0.379. The molecule has 0 heterocycles. The third-order valence-electron chi connectivity index (χ3n) is 5.90. The molecule has 0 fully saturated rings. The number of aliphatic hydroxyl groups excluding tert-OH is 2. The number of aliphatic hydroxyl groups is 2. The molecule has 39 heavy (non-hydrogen) atoms. The van der Waals surface area contributed by atoms with Gasteiger partial charge in [0.2, 0.25) is 7.37 Å². The maximum atomic E-state index is 12.4. The fourth-order valence-corrected chi connectivity index (χ4v) is 4.80. The normalized spacial score (nSPS) is 13.5. The molecular weight excluding hydrogens is 521 g/mol. The molecule has 9 nitrogen and oxygen atoms in total. The average molecular weight is 560 g/mol. The van der Waals surface area contributed by atoms with Crippen LogP contribution in [0.1, 0.15) is 23.1 Å². The van der Waals surface area contributed by atoms with Crippen LogP contribution >= 0.6 is 7.37 Å². The van der Waals surface area contributed by atoms with Crippen molar-refractivity contribution in [1.29, 1.82) is 0 Å². The molecule has 5 N–H and O–H groups in total. The van der Waals surface area contributed by atoms with Gasteiger partial charge in [0.1, 0.15) is 30.0 Å². The van der Waals surface area contributed by atoms with Gasteiger partial charge in [-0.3, -0.25) is 4.57 Å². The standard InChI is InChI=1S/C29H38NO8P/c31-19-25-17-28(11-12-29(25)33)37-21-26(32)18-30-14-13-23-7-9-27(10-8-23)38-22-39(34,35)16-4-15-36-20-24-5-2-1-3-6-24/h1-3,5-12,17,26,30-33H,4,13-16,18-22H2,(H,34,35). The molecule has 2 unspecified atom stereocenters. The van der Waals surface area contributed by atoms with Crippen molar-refractivity contribution in [3.05, 3.63) is 89.5 Å². The number of rotatable bonds is 18. The van der Waals surface area contributed by atoms with Gasteiger partial charge in [0.15, 0.2) is 6.35 Å². The minimum atomic E-state index is -3.41. The lowest BCUT2D eigenvalue weighted by atomic mass is 10.1. The van der Waals surface area contributed by atoms with E-state index in [0.29, 0.717) is 49.8 Å². The predicted molar refractivity (Wildman–Crippen MR) is 149 cm³/mol. The minimum Gasteiger partial charge on any atom is -0.508 e. The van der Waals surface area contributed by atoms with Gasteiger partial charge in [-0.15, -0.1) is 0 Å². The number of hydrogen-bond acceptors (Lipinski definition) is 8. The van der Waals surface area contributed by atoms with Crippen LogP contribution in [-0.4, -0.2) is 65.1 Å². The molecule has 212 valence electrons. The summed E-state index contributed by atoms with van der Waals surface area (Å²) in [6.45, 7) is 1.66. The van der Waals surface area contributed by atoms with Gasteiger partial charge in [-0.2, -0.15) is 0 Å². The molecular formula is C29H38NO8P. The van der Waals surface area contributed by atoms with Crippen molar-refractivity contribution in [2.45, 2.75) is 32.2 Å². The summed E-state index contributed by atoms with van der Waals surface area (Å²) in [6.07, 6.45) is 0.390. The molecule has 0 spiro atoms. The third kappa shape index (κ3) is 11.8. The van der Waals surface area contributed by atoms with E-state index in [1.54, 1.807) is 18.2 Å². The Balaban J connectivity index is 1.26. The van der Waals surface area contributed by atoms with Crippen LogP contribution < -0.4 is 14.8 Å². The van der Waals surface area contributed by atoms with Crippen molar-refractivity contribution in [2.75, 3.05) is 38.8 Å². The summed E-state index contributed by atoms with van der Waals surface area (Å²) in [5.41, 5.74) is 2.49. The van der Waals surface area contributed by atoms with Crippen LogP contribution in [0, 0.1) is 0 Å². The van der Waals surface area contributed by atoms with Gasteiger partial charge in [-0.05, 0) is 60.8 Å². The van der Waals surface area contributed by atoms with Crippen LogP contribution in [0.3, 0.4) is 0 Å². The van der Waals surface area contributed by atoms with Gasteiger partial charge in [0.25, 0.3) is 0 Å². The lowest BCUT2D eigenvalue weighted by Crippen LogP contribution is -2.32. The maximum Gasteiger partial charge on any atom is 0.236 e. The van der Waals surface area contributed by atoms with Crippen molar-refractivity contribution in [2.24, 2.45) is 0 Å². The van der Waals surface area contributed by atoms with Gasteiger partial charge >= 0.3 is 0 Å². The first-order chi connectivity index (χ1) is 18.8. The molecule has 0 bridgehead atoms. The SMILES string of the molecule is O=P(O)(CCCOCc1ccccc1)COc1ccc(CCNCC(O)COc2ccc(O)c(CO)c2)cc1. The lowest BCUT2D eigenvalue weighted by molar-refractivity contribution is 0.106. The second-order valence-electron chi connectivity index (χ2n) is 9.25. The summed E-state index contributed by atoms with van der Waals surface area (Å²) in [7, 11) is -3.41. The Kier molecular flexibility index (Phi) is 12.8. The monoisotopic (exact) mass is 559 g/mol. The van der Waals surface area contributed by atoms with E-state index >= 15 is 0 Å². The molecule has 10 heteroatoms.